The molecule has 0 aliphatic carbocycles. The van der Waals surface area contributed by atoms with Crippen LogP contribution in [0.2, 0.25) is 0 Å². The monoisotopic (exact) mass is 280 g/mol. The van der Waals surface area contributed by atoms with Crippen molar-refractivity contribution in [3.05, 3.63) is 0 Å². The van der Waals surface area contributed by atoms with Gasteiger partial charge in [0.05, 0.1) is 0 Å². The Labute approximate surface area is 59.1 Å². The van der Waals surface area contributed by atoms with Crippen molar-refractivity contribution in [2.75, 3.05) is 13.1 Å². The average Bonchev–Trinajstić information content (AvgIpc) is 1.72. The second-order valence-corrected chi connectivity index (χ2v) is 1.81. The van der Waals surface area contributed by atoms with Gasteiger partial charge < -0.3 is 5.32 Å². The van der Waals surface area contributed by atoms with Crippen LogP contribution in [-0.2, 0) is 21.1 Å². The summed E-state index contributed by atoms with van der Waals surface area (Å²) in [6.07, 6.45) is 4.22. The molecule has 0 saturated carbocycles. The Balaban J connectivity index is 0.000000360. The van der Waals surface area contributed by atoms with Crippen LogP contribution in [0.5, 0.6) is 0 Å². The Bertz CT molecular complexity index is 23.6. The number of hydrogen-bond donors (Lipinski definition) is 1. The summed E-state index contributed by atoms with van der Waals surface area (Å²) < 4.78 is 0. The maximum absolute atomic E-state index is 3.28. The fraction of sp³-hybridized carbons (Fsp3) is 1.00. The summed E-state index contributed by atoms with van der Waals surface area (Å²) in [4.78, 5) is 0. The van der Waals surface area contributed by atoms with Gasteiger partial charge in [0.25, 0.3) is 0 Å². The van der Waals surface area contributed by atoms with Gasteiger partial charge in [-0.1, -0.05) is 6.42 Å². The topological polar surface area (TPSA) is 12.0 Å². The van der Waals surface area contributed by atoms with Crippen molar-refractivity contribution in [1.82, 2.24) is 5.32 Å². The summed E-state index contributed by atoms with van der Waals surface area (Å²) in [6.45, 7) is 2.50. The molecular formula is C5H11NPt. The van der Waals surface area contributed by atoms with Gasteiger partial charge in [0, 0.05) is 21.1 Å². The molecule has 46 valence electrons. The number of hydrogen-bond acceptors (Lipinski definition) is 1. The Morgan fingerprint density at radius 2 is 1.43 bits per heavy atom. The van der Waals surface area contributed by atoms with Crippen molar-refractivity contribution in [2.24, 2.45) is 0 Å². The van der Waals surface area contributed by atoms with Gasteiger partial charge in [-0.3, -0.25) is 0 Å². The molecule has 1 rings (SSSR count). The maximum Gasteiger partial charge on any atom is 0 e. The molecule has 0 aromatic carbocycles. The van der Waals surface area contributed by atoms with E-state index < -0.39 is 0 Å². The van der Waals surface area contributed by atoms with Crippen molar-refractivity contribution in [2.45, 2.75) is 19.3 Å². The van der Waals surface area contributed by atoms with Crippen LogP contribution in [0.3, 0.4) is 0 Å². The molecule has 1 N–H and O–H groups in total. The minimum atomic E-state index is 0. The van der Waals surface area contributed by atoms with E-state index in [9.17, 15) is 0 Å². The van der Waals surface area contributed by atoms with E-state index in [0.29, 0.717) is 0 Å². The second-order valence-electron chi connectivity index (χ2n) is 1.81. The van der Waals surface area contributed by atoms with Crippen molar-refractivity contribution < 1.29 is 21.1 Å². The summed E-state index contributed by atoms with van der Waals surface area (Å²) in [5.74, 6) is 0. The van der Waals surface area contributed by atoms with E-state index in [1.54, 1.807) is 0 Å². The molecular weight excluding hydrogens is 269 g/mol. The molecule has 1 saturated heterocycles. The maximum atomic E-state index is 3.28. The summed E-state index contributed by atoms with van der Waals surface area (Å²) in [6, 6.07) is 0. The van der Waals surface area contributed by atoms with Gasteiger partial charge in [-0.2, -0.15) is 0 Å². The molecule has 0 radical (unpaired) electrons. The van der Waals surface area contributed by atoms with E-state index >= 15 is 0 Å². The van der Waals surface area contributed by atoms with Gasteiger partial charge in [0.15, 0.2) is 0 Å². The molecule has 1 aliphatic heterocycles. The van der Waals surface area contributed by atoms with E-state index in [0.717, 1.165) is 0 Å². The van der Waals surface area contributed by atoms with E-state index in [4.69, 9.17) is 0 Å². The molecule has 0 aromatic heterocycles. The molecule has 0 aromatic rings. The predicted molar refractivity (Wildman–Crippen MR) is 26.7 cm³/mol. The van der Waals surface area contributed by atoms with Crippen LogP contribution < -0.4 is 5.32 Å². The van der Waals surface area contributed by atoms with Crippen LogP contribution >= 0.6 is 0 Å². The molecule has 7 heavy (non-hydrogen) atoms. The first-order chi connectivity index (χ1) is 3.00. The minimum absolute atomic E-state index is 0. The summed E-state index contributed by atoms with van der Waals surface area (Å²) in [5.41, 5.74) is 0. The number of rotatable bonds is 0. The first kappa shape index (κ1) is 7.65. The summed E-state index contributed by atoms with van der Waals surface area (Å²) >= 11 is 0. The molecule has 1 nitrogen and oxygen atoms in total. The van der Waals surface area contributed by atoms with Gasteiger partial charge in [-0.25, -0.2) is 0 Å². The largest absolute Gasteiger partial charge is 0.317 e. The normalized spacial score (nSPS) is 20.6. The van der Waals surface area contributed by atoms with Crippen molar-refractivity contribution in [3.8, 4) is 0 Å². The van der Waals surface area contributed by atoms with Crippen molar-refractivity contribution >= 4 is 0 Å². The zero-order valence-corrected chi connectivity index (χ0v) is 6.62. The van der Waals surface area contributed by atoms with Gasteiger partial charge in [-0.15, -0.1) is 0 Å². The first-order valence-corrected chi connectivity index (χ1v) is 2.71. The smallest absolute Gasteiger partial charge is 0 e. The fourth-order valence-electron chi connectivity index (χ4n) is 0.802. The molecule has 2 heteroatoms. The molecule has 0 bridgehead atoms. The zero-order chi connectivity index (χ0) is 4.24. The third-order valence-electron chi connectivity index (χ3n) is 1.21. The van der Waals surface area contributed by atoms with Gasteiger partial charge in [-0.05, 0) is 25.9 Å². The number of piperidine rings is 1. The van der Waals surface area contributed by atoms with E-state index in [2.05, 4.69) is 5.32 Å². The minimum Gasteiger partial charge on any atom is -0.317 e. The summed E-state index contributed by atoms with van der Waals surface area (Å²) in [7, 11) is 0. The molecule has 1 fully saturated rings. The predicted octanol–water partition coefficient (Wildman–Crippen LogP) is 0.757. The second kappa shape index (κ2) is 4.80. The van der Waals surface area contributed by atoms with Gasteiger partial charge in [0.1, 0.15) is 0 Å². The molecule has 1 heterocycles. The van der Waals surface area contributed by atoms with Crippen LogP contribution in [0.1, 0.15) is 19.3 Å². The third-order valence-corrected chi connectivity index (χ3v) is 1.21. The van der Waals surface area contributed by atoms with Crippen molar-refractivity contribution in [1.29, 1.82) is 0 Å². The standard InChI is InChI=1S/C5H11N.Pt/c1-2-4-6-5-3-1;/h6H,1-5H2;. The van der Waals surface area contributed by atoms with Crippen LogP contribution in [0.4, 0.5) is 0 Å². The van der Waals surface area contributed by atoms with E-state index in [1.807, 2.05) is 0 Å². The molecule has 0 unspecified atom stereocenters. The number of nitrogens with one attached hydrogen (secondary N) is 1. The van der Waals surface area contributed by atoms with Crippen LogP contribution in [0, 0.1) is 0 Å². The van der Waals surface area contributed by atoms with Crippen LogP contribution in [0.25, 0.3) is 0 Å². The van der Waals surface area contributed by atoms with E-state index in [-0.39, 0.29) is 21.1 Å². The Morgan fingerprint density at radius 1 is 0.857 bits per heavy atom. The molecule has 0 atom stereocenters. The average molecular weight is 280 g/mol. The van der Waals surface area contributed by atoms with Gasteiger partial charge in [0.2, 0.25) is 0 Å². The molecule has 0 amide bonds. The van der Waals surface area contributed by atoms with Crippen molar-refractivity contribution in [3.63, 3.8) is 0 Å². The SMILES string of the molecule is C1CCNCC1.[Pt]. The molecule has 0 spiro atoms. The molecule has 1 aliphatic rings. The zero-order valence-electron chi connectivity index (χ0n) is 4.35. The van der Waals surface area contributed by atoms with Crippen LogP contribution in [-0.4, -0.2) is 13.1 Å². The van der Waals surface area contributed by atoms with Gasteiger partial charge >= 0.3 is 0 Å². The fourth-order valence-corrected chi connectivity index (χ4v) is 0.802. The van der Waals surface area contributed by atoms with Crippen LogP contribution in [0.15, 0.2) is 0 Å². The Kier molecular flexibility index (Phi) is 5.24. The Hall–Kier alpha value is 0.648. The first-order valence-electron chi connectivity index (χ1n) is 2.71. The summed E-state index contributed by atoms with van der Waals surface area (Å²) in [5, 5.41) is 3.28. The van der Waals surface area contributed by atoms with E-state index in [1.165, 1.54) is 32.4 Å². The quantitative estimate of drug-likeness (QED) is 0.691. The third kappa shape index (κ3) is 3.25. The Morgan fingerprint density at radius 3 is 1.57 bits per heavy atom.